The number of aromatic nitrogens is 2. The van der Waals surface area contributed by atoms with Gasteiger partial charge >= 0.3 is 6.09 Å². The Balaban J connectivity index is 2.02. The molecule has 0 saturated heterocycles. The van der Waals surface area contributed by atoms with Crippen molar-refractivity contribution >= 4 is 28.6 Å². The van der Waals surface area contributed by atoms with Crippen LogP contribution in [-0.2, 0) is 4.74 Å². The number of hydrogen-bond donors (Lipinski definition) is 2. The summed E-state index contributed by atoms with van der Waals surface area (Å²) in [5.74, 6) is 0.539. The monoisotopic (exact) mass is 407 g/mol. The number of fused-ring (bicyclic) bond motifs is 1. The lowest BCUT2D eigenvalue weighted by molar-refractivity contribution is 0.0789. The zero-order valence-electron chi connectivity index (χ0n) is 16.5. The van der Waals surface area contributed by atoms with Gasteiger partial charge in [0.1, 0.15) is 0 Å². The molecule has 1 amide bonds. The van der Waals surface area contributed by atoms with Gasteiger partial charge in [-0.2, -0.15) is 0 Å². The normalized spacial score (nSPS) is 20.5. The Morgan fingerprint density at radius 2 is 2.11 bits per heavy atom. The maximum absolute atomic E-state index is 13.2. The molecule has 1 saturated carbocycles. The minimum absolute atomic E-state index is 0.0857. The number of benzene rings is 1. The van der Waals surface area contributed by atoms with E-state index >= 15 is 0 Å². The van der Waals surface area contributed by atoms with E-state index in [-0.39, 0.29) is 24.1 Å². The lowest BCUT2D eigenvalue weighted by atomic mass is 9.80. The number of amides is 1. The second kappa shape index (κ2) is 7.72. The van der Waals surface area contributed by atoms with Crippen LogP contribution in [-0.4, -0.2) is 32.9 Å². The predicted octanol–water partition coefficient (Wildman–Crippen LogP) is 3.58. The maximum atomic E-state index is 13.2. The highest BCUT2D eigenvalue weighted by molar-refractivity contribution is 6.35. The van der Waals surface area contributed by atoms with Crippen molar-refractivity contribution in [1.82, 2.24) is 14.9 Å². The van der Waals surface area contributed by atoms with Gasteiger partial charge in [-0.05, 0) is 58.6 Å². The number of carbonyl (C=O) groups excluding carboxylic acids is 1. The van der Waals surface area contributed by atoms with Gasteiger partial charge < -0.3 is 15.2 Å². The Kier molecular flexibility index (Phi) is 5.68. The molecule has 1 heterocycles. The first kappa shape index (κ1) is 20.6. The number of alkyl carbamates (subject to hydrolysis) is 1. The number of ether oxygens (including phenoxy) is 1. The van der Waals surface area contributed by atoms with Gasteiger partial charge in [0, 0.05) is 18.2 Å². The number of aliphatic hydroxyl groups is 1. The fraction of sp³-hybridized carbons (Fsp3) is 0.550. The molecule has 0 bridgehead atoms. The largest absolute Gasteiger partial charge is 0.438 e. The smallest absolute Gasteiger partial charge is 0.408 e. The number of aliphatic hydroxyl groups excluding tert-OH is 1. The van der Waals surface area contributed by atoms with Crippen LogP contribution in [0.15, 0.2) is 23.0 Å². The number of halogens is 1. The third-order valence-corrected chi connectivity index (χ3v) is 5.18. The van der Waals surface area contributed by atoms with E-state index in [4.69, 9.17) is 16.3 Å². The lowest BCUT2D eigenvalue weighted by Crippen LogP contribution is -2.42. The summed E-state index contributed by atoms with van der Waals surface area (Å²) in [6.07, 6.45) is 0.0321. The molecule has 8 heteroatoms. The zero-order chi connectivity index (χ0) is 20.6. The van der Waals surface area contributed by atoms with Gasteiger partial charge in [0.2, 0.25) is 0 Å². The molecule has 7 nitrogen and oxygen atoms in total. The summed E-state index contributed by atoms with van der Waals surface area (Å²) in [4.78, 5) is 30.1. The first-order valence-corrected chi connectivity index (χ1v) is 9.79. The second-order valence-electron chi connectivity index (χ2n) is 8.38. The first-order chi connectivity index (χ1) is 13.1. The molecule has 1 aromatic heterocycles. The van der Waals surface area contributed by atoms with Gasteiger partial charge in [0.25, 0.3) is 5.56 Å². The van der Waals surface area contributed by atoms with E-state index < -0.39 is 17.7 Å². The van der Waals surface area contributed by atoms with Crippen molar-refractivity contribution in [2.75, 3.05) is 6.61 Å². The van der Waals surface area contributed by atoms with Gasteiger partial charge in [-0.15, -0.1) is 0 Å². The highest BCUT2D eigenvalue weighted by atomic mass is 35.5. The Bertz CT molecular complexity index is 945. The minimum atomic E-state index is -0.730. The van der Waals surface area contributed by atoms with Crippen LogP contribution >= 0.6 is 11.6 Å². The molecule has 0 spiro atoms. The lowest BCUT2D eigenvalue weighted by Gasteiger charge is -2.37. The Morgan fingerprint density at radius 1 is 1.43 bits per heavy atom. The van der Waals surface area contributed by atoms with Crippen molar-refractivity contribution in [3.8, 4) is 0 Å². The van der Waals surface area contributed by atoms with E-state index in [1.165, 1.54) is 0 Å². The van der Waals surface area contributed by atoms with Gasteiger partial charge in [-0.1, -0.05) is 17.7 Å². The van der Waals surface area contributed by atoms with Crippen LogP contribution in [0.5, 0.6) is 0 Å². The third-order valence-electron chi connectivity index (χ3n) is 4.86. The Labute approximate surface area is 168 Å². The van der Waals surface area contributed by atoms with E-state index in [1.807, 2.05) is 20.8 Å². The highest BCUT2D eigenvalue weighted by Crippen LogP contribution is 2.38. The molecule has 152 valence electrons. The second-order valence-corrected chi connectivity index (χ2v) is 8.78. The SMILES string of the molecule is C[C@H](OC(=O)NC(C)(C)C)c1nc2cccc(Cl)c2c(=O)n1C1CC(CO)C1. The molecule has 1 aliphatic rings. The molecule has 0 aliphatic heterocycles. The van der Waals surface area contributed by atoms with Crippen LogP contribution in [0.3, 0.4) is 0 Å². The molecule has 2 aromatic rings. The summed E-state index contributed by atoms with van der Waals surface area (Å²) in [5, 5.41) is 12.8. The molecular formula is C20H26ClN3O4. The predicted molar refractivity (Wildman–Crippen MR) is 108 cm³/mol. The quantitative estimate of drug-likeness (QED) is 0.807. The summed E-state index contributed by atoms with van der Waals surface area (Å²) in [6.45, 7) is 7.35. The zero-order valence-corrected chi connectivity index (χ0v) is 17.3. The van der Waals surface area contributed by atoms with Crippen molar-refractivity contribution in [3.63, 3.8) is 0 Å². The van der Waals surface area contributed by atoms with Gasteiger partial charge in [-0.3, -0.25) is 9.36 Å². The molecule has 0 unspecified atom stereocenters. The van der Waals surface area contributed by atoms with Gasteiger partial charge in [0.05, 0.1) is 15.9 Å². The summed E-state index contributed by atoms with van der Waals surface area (Å²) in [6, 6.07) is 5.00. The van der Waals surface area contributed by atoms with Gasteiger partial charge in [-0.25, -0.2) is 9.78 Å². The summed E-state index contributed by atoms with van der Waals surface area (Å²) < 4.78 is 7.08. The standard InChI is InChI=1S/C20H26ClN3O4/c1-11(28-19(27)23-20(2,3)4)17-22-15-7-5-6-14(21)16(15)18(26)24(17)13-8-12(9-13)10-25/h5-7,11-13,25H,8-10H2,1-4H3,(H,23,27)/t11-,12?,13?/m0/s1. The van der Waals surface area contributed by atoms with Crippen LogP contribution in [0.2, 0.25) is 5.02 Å². The molecule has 1 atom stereocenters. The number of nitrogens with one attached hydrogen (secondary N) is 1. The van der Waals surface area contributed by atoms with E-state index in [9.17, 15) is 14.7 Å². The number of hydrogen-bond acceptors (Lipinski definition) is 5. The molecule has 0 radical (unpaired) electrons. The molecule has 28 heavy (non-hydrogen) atoms. The van der Waals surface area contributed by atoms with Crippen molar-refractivity contribution in [1.29, 1.82) is 0 Å². The fourth-order valence-corrected chi connectivity index (χ4v) is 3.72. The minimum Gasteiger partial charge on any atom is -0.438 e. The first-order valence-electron chi connectivity index (χ1n) is 9.41. The van der Waals surface area contributed by atoms with Crippen LogP contribution in [0, 0.1) is 5.92 Å². The van der Waals surface area contributed by atoms with Crippen LogP contribution in [0.1, 0.15) is 58.5 Å². The maximum Gasteiger partial charge on any atom is 0.408 e. The molecule has 2 N–H and O–H groups in total. The van der Waals surface area contributed by atoms with E-state index in [0.29, 0.717) is 34.6 Å². The average Bonchev–Trinajstić information content (AvgIpc) is 2.53. The van der Waals surface area contributed by atoms with Crippen molar-refractivity contribution in [2.45, 2.75) is 58.2 Å². The topological polar surface area (TPSA) is 93.5 Å². The summed E-state index contributed by atoms with van der Waals surface area (Å²) in [5.41, 5.74) is -0.226. The molecular weight excluding hydrogens is 382 g/mol. The Hall–Kier alpha value is -2.12. The highest BCUT2D eigenvalue weighted by Gasteiger charge is 2.34. The third kappa shape index (κ3) is 4.15. The van der Waals surface area contributed by atoms with Crippen molar-refractivity contribution < 1.29 is 14.6 Å². The Morgan fingerprint density at radius 3 is 2.71 bits per heavy atom. The van der Waals surface area contributed by atoms with Crippen LogP contribution < -0.4 is 10.9 Å². The number of carbonyl (C=O) groups is 1. The van der Waals surface area contributed by atoms with Crippen molar-refractivity contribution in [2.24, 2.45) is 5.92 Å². The summed E-state index contributed by atoms with van der Waals surface area (Å²) >= 11 is 6.26. The summed E-state index contributed by atoms with van der Waals surface area (Å²) in [7, 11) is 0. The van der Waals surface area contributed by atoms with E-state index in [1.54, 1.807) is 29.7 Å². The van der Waals surface area contributed by atoms with E-state index in [0.717, 1.165) is 0 Å². The fourth-order valence-electron chi connectivity index (χ4n) is 3.47. The number of nitrogens with zero attached hydrogens (tertiary/aromatic N) is 2. The molecule has 1 fully saturated rings. The van der Waals surface area contributed by atoms with Crippen molar-refractivity contribution in [3.05, 3.63) is 39.4 Å². The number of rotatable bonds is 4. The molecule has 3 rings (SSSR count). The van der Waals surface area contributed by atoms with Crippen LogP contribution in [0.4, 0.5) is 4.79 Å². The van der Waals surface area contributed by atoms with E-state index in [2.05, 4.69) is 10.3 Å². The van der Waals surface area contributed by atoms with Crippen LogP contribution in [0.25, 0.3) is 10.9 Å². The average molecular weight is 408 g/mol. The van der Waals surface area contributed by atoms with Gasteiger partial charge in [0.15, 0.2) is 11.9 Å². The molecule has 1 aliphatic carbocycles. The molecule has 1 aromatic carbocycles.